The Balaban J connectivity index is 1.88. The maximum absolute atomic E-state index is 13.7. The Bertz CT molecular complexity index is 1140. The van der Waals surface area contributed by atoms with Crippen molar-refractivity contribution in [2.75, 3.05) is 11.4 Å². The monoisotopic (exact) mass is 523 g/mol. The number of unbranched alkanes of at least 4 members (excludes halogenated alkanes) is 4. The largest absolute Gasteiger partial charge is 0.507 e. The Morgan fingerprint density at radius 2 is 1.49 bits per heavy atom. The number of rotatable bonds is 9. The van der Waals surface area contributed by atoms with Gasteiger partial charge >= 0.3 is 5.97 Å². The van der Waals surface area contributed by atoms with Crippen molar-refractivity contribution in [3.05, 3.63) is 58.0 Å². The highest BCUT2D eigenvalue weighted by atomic mass is 32.2. The van der Waals surface area contributed by atoms with E-state index in [0.717, 1.165) is 53.0 Å². The van der Waals surface area contributed by atoms with Crippen molar-refractivity contribution in [2.45, 2.75) is 95.8 Å². The van der Waals surface area contributed by atoms with Crippen molar-refractivity contribution in [1.29, 1.82) is 0 Å². The predicted octanol–water partition coefficient (Wildman–Crippen LogP) is 7.89. The summed E-state index contributed by atoms with van der Waals surface area (Å²) >= 11 is 1.50. The first-order valence-electron chi connectivity index (χ1n) is 13.2. The average Bonchev–Trinajstić information content (AvgIpc) is 2.79. The van der Waals surface area contributed by atoms with Crippen LogP contribution in [0.1, 0.15) is 96.8 Å². The second-order valence-electron chi connectivity index (χ2n) is 11.9. The molecule has 1 amide bonds. The van der Waals surface area contributed by atoms with Crippen LogP contribution in [0.4, 0.5) is 5.69 Å². The Kier molecular flexibility index (Phi) is 9.17. The van der Waals surface area contributed by atoms with Gasteiger partial charge in [-0.3, -0.25) is 9.59 Å². The van der Waals surface area contributed by atoms with Gasteiger partial charge in [-0.25, -0.2) is 0 Å². The second kappa shape index (κ2) is 11.8. The van der Waals surface area contributed by atoms with Gasteiger partial charge in [-0.15, -0.1) is 0 Å². The molecule has 1 aliphatic rings. The van der Waals surface area contributed by atoms with E-state index in [1.807, 2.05) is 41.3 Å². The topological polar surface area (TPSA) is 77.8 Å². The minimum atomic E-state index is -0.745. The third-order valence-corrected chi connectivity index (χ3v) is 7.73. The van der Waals surface area contributed by atoms with Crippen molar-refractivity contribution < 1.29 is 19.8 Å². The third kappa shape index (κ3) is 7.41. The van der Waals surface area contributed by atoms with Crippen molar-refractivity contribution in [3.8, 4) is 5.75 Å². The van der Waals surface area contributed by atoms with Crippen LogP contribution in [-0.4, -0.2) is 28.6 Å². The van der Waals surface area contributed by atoms with E-state index in [9.17, 15) is 14.7 Å². The van der Waals surface area contributed by atoms with Crippen LogP contribution in [0.5, 0.6) is 5.75 Å². The van der Waals surface area contributed by atoms with E-state index in [2.05, 4.69) is 47.6 Å². The number of hydrogen-bond acceptors (Lipinski definition) is 4. The molecule has 1 aliphatic heterocycles. The molecule has 0 aromatic heterocycles. The van der Waals surface area contributed by atoms with E-state index in [1.54, 1.807) is 0 Å². The maximum atomic E-state index is 13.7. The average molecular weight is 524 g/mol. The number of carboxylic acid groups (broad SMARTS) is 1. The molecule has 0 unspecified atom stereocenters. The number of carboxylic acids is 1. The molecule has 200 valence electrons. The SMILES string of the molecule is CC(C)(C)c1cc(/C=C2\Sc3ccccc3N(CCCCCCCC(=O)O)C2=O)cc(C(C)(C)C)c1O. The second-order valence-corrected chi connectivity index (χ2v) is 13.0. The fourth-order valence-electron chi connectivity index (χ4n) is 4.60. The van der Waals surface area contributed by atoms with Gasteiger partial charge in [-0.2, -0.15) is 0 Å². The lowest BCUT2D eigenvalue weighted by atomic mass is 9.78. The number of thioether (sulfide) groups is 1. The van der Waals surface area contributed by atoms with Gasteiger partial charge in [0.25, 0.3) is 5.91 Å². The van der Waals surface area contributed by atoms with E-state index < -0.39 is 5.97 Å². The normalized spacial score (nSPS) is 15.2. The first-order chi connectivity index (χ1) is 17.3. The van der Waals surface area contributed by atoms with Gasteiger partial charge in [-0.1, -0.05) is 84.7 Å². The smallest absolute Gasteiger partial charge is 0.303 e. The Morgan fingerprint density at radius 1 is 0.919 bits per heavy atom. The Hall–Kier alpha value is -2.73. The van der Waals surface area contributed by atoms with Gasteiger partial charge in [-0.05, 0) is 59.6 Å². The molecule has 0 spiro atoms. The number of phenols is 1. The van der Waals surface area contributed by atoms with Crippen LogP contribution >= 0.6 is 11.8 Å². The third-order valence-electron chi connectivity index (χ3n) is 6.65. The summed E-state index contributed by atoms with van der Waals surface area (Å²) in [5, 5.41) is 19.9. The van der Waals surface area contributed by atoms with Crippen molar-refractivity contribution in [1.82, 2.24) is 0 Å². The van der Waals surface area contributed by atoms with E-state index in [0.29, 0.717) is 23.6 Å². The number of fused-ring (bicyclic) bond motifs is 1. The lowest BCUT2D eigenvalue weighted by molar-refractivity contribution is -0.137. The number of phenolic OH excluding ortho intramolecular Hbond substituents is 1. The van der Waals surface area contributed by atoms with Crippen LogP contribution in [-0.2, 0) is 20.4 Å². The first kappa shape index (κ1) is 28.8. The molecule has 3 rings (SSSR count). The number of carbonyl (C=O) groups excluding carboxylic acids is 1. The molecule has 0 fully saturated rings. The number of benzene rings is 2. The number of aliphatic carboxylic acids is 1. The number of carbonyl (C=O) groups is 2. The zero-order valence-corrected chi connectivity index (χ0v) is 23.9. The predicted molar refractivity (Wildman–Crippen MR) is 153 cm³/mol. The highest BCUT2D eigenvalue weighted by Crippen LogP contribution is 2.44. The fraction of sp³-hybridized carbons (Fsp3) is 0.484. The number of para-hydroxylation sites is 1. The Labute approximate surface area is 226 Å². The van der Waals surface area contributed by atoms with E-state index in [-0.39, 0.29) is 23.2 Å². The van der Waals surface area contributed by atoms with Crippen LogP contribution in [0.2, 0.25) is 0 Å². The standard InChI is InChI=1S/C31H41NO4S/c1-30(2,3)22-18-21(19-23(28(22)35)31(4,5)6)20-26-29(36)32(24-14-11-12-15-25(24)37-26)17-13-9-7-8-10-16-27(33)34/h11-12,14-15,18-20,35H,7-10,13,16-17H2,1-6H3,(H,33,34)/b26-20-. The van der Waals surface area contributed by atoms with Crippen LogP contribution in [0.25, 0.3) is 6.08 Å². The lowest BCUT2D eigenvalue weighted by Crippen LogP contribution is -2.35. The van der Waals surface area contributed by atoms with Gasteiger partial charge in [0, 0.05) is 29.0 Å². The quantitative estimate of drug-likeness (QED) is 0.258. The Morgan fingerprint density at radius 3 is 2.08 bits per heavy atom. The summed E-state index contributed by atoms with van der Waals surface area (Å²) in [4.78, 5) is 28.0. The fourth-order valence-corrected chi connectivity index (χ4v) is 5.65. The number of aromatic hydroxyl groups is 1. The summed E-state index contributed by atoms with van der Waals surface area (Å²) in [6.45, 7) is 13.2. The summed E-state index contributed by atoms with van der Waals surface area (Å²) in [5.74, 6) is -0.414. The van der Waals surface area contributed by atoms with Crippen LogP contribution in [0, 0.1) is 0 Å². The van der Waals surface area contributed by atoms with Gasteiger partial charge in [0.15, 0.2) is 0 Å². The van der Waals surface area contributed by atoms with E-state index in [1.165, 1.54) is 11.8 Å². The van der Waals surface area contributed by atoms with Gasteiger partial charge in [0.05, 0.1) is 10.6 Å². The molecule has 0 aliphatic carbocycles. The number of nitrogens with zero attached hydrogens (tertiary/aromatic N) is 1. The summed E-state index contributed by atoms with van der Waals surface area (Å²) < 4.78 is 0. The molecule has 0 radical (unpaired) electrons. The lowest BCUT2D eigenvalue weighted by Gasteiger charge is -2.31. The molecule has 37 heavy (non-hydrogen) atoms. The van der Waals surface area contributed by atoms with E-state index in [4.69, 9.17) is 5.11 Å². The molecule has 0 bridgehead atoms. The number of hydrogen-bond donors (Lipinski definition) is 2. The molecule has 1 heterocycles. The van der Waals surface area contributed by atoms with Crippen molar-refractivity contribution in [2.24, 2.45) is 0 Å². The minimum Gasteiger partial charge on any atom is -0.507 e. The zero-order valence-electron chi connectivity index (χ0n) is 23.1. The van der Waals surface area contributed by atoms with Crippen LogP contribution in [0.3, 0.4) is 0 Å². The minimum absolute atomic E-state index is 0.00253. The maximum Gasteiger partial charge on any atom is 0.303 e. The molecular formula is C31H41NO4S. The summed E-state index contributed by atoms with van der Waals surface area (Å²) in [6, 6.07) is 12.0. The van der Waals surface area contributed by atoms with Gasteiger partial charge in [0.2, 0.25) is 0 Å². The van der Waals surface area contributed by atoms with Crippen LogP contribution < -0.4 is 4.90 Å². The molecule has 5 nitrogen and oxygen atoms in total. The first-order valence-corrected chi connectivity index (χ1v) is 14.0. The molecule has 0 saturated carbocycles. The molecule has 0 saturated heterocycles. The highest BCUT2D eigenvalue weighted by molar-refractivity contribution is 8.04. The highest BCUT2D eigenvalue weighted by Gasteiger charge is 2.30. The van der Waals surface area contributed by atoms with Crippen molar-refractivity contribution in [3.63, 3.8) is 0 Å². The number of amides is 1. The van der Waals surface area contributed by atoms with Gasteiger partial charge in [0.1, 0.15) is 5.75 Å². The molecular weight excluding hydrogens is 482 g/mol. The van der Waals surface area contributed by atoms with Gasteiger partial charge < -0.3 is 15.1 Å². The molecule has 2 N–H and O–H groups in total. The summed E-state index contributed by atoms with van der Waals surface area (Å²) in [5.41, 5.74) is 3.12. The van der Waals surface area contributed by atoms with Crippen molar-refractivity contribution >= 4 is 35.4 Å². The summed E-state index contributed by atoms with van der Waals surface area (Å²) in [7, 11) is 0. The number of anilines is 1. The van der Waals surface area contributed by atoms with E-state index >= 15 is 0 Å². The molecule has 6 heteroatoms. The van der Waals surface area contributed by atoms with Crippen LogP contribution in [0.15, 0.2) is 46.2 Å². The summed E-state index contributed by atoms with van der Waals surface area (Å²) in [6.07, 6.45) is 6.56. The molecule has 2 aromatic rings. The zero-order chi connectivity index (χ0) is 27.4. The molecule has 2 aromatic carbocycles. The molecule has 0 atom stereocenters.